The Morgan fingerprint density at radius 2 is 1.90 bits per heavy atom. The van der Waals surface area contributed by atoms with E-state index >= 15 is 0 Å². The molecular weight excluding hydrogens is 120 g/mol. The molecule has 0 aromatic carbocycles. The van der Waals surface area contributed by atoms with Crippen molar-refractivity contribution in [3.05, 3.63) is 36.5 Å². The molecule has 1 rings (SSSR count). The smallest absolute Gasteiger partial charge is 0.00946 e. The highest BCUT2D eigenvalue weighted by atomic mass is 13.9. The van der Waals surface area contributed by atoms with Gasteiger partial charge in [-0.25, -0.2) is 0 Å². The zero-order valence-corrected chi connectivity index (χ0v) is 6.22. The molecule has 0 heteroatoms. The van der Waals surface area contributed by atoms with Gasteiger partial charge >= 0.3 is 0 Å². The van der Waals surface area contributed by atoms with Gasteiger partial charge in [-0.15, -0.1) is 0 Å². The minimum Gasteiger partial charge on any atom is -0.0882 e. The molecule has 1 radical (unpaired) electrons. The van der Waals surface area contributed by atoms with Crippen LogP contribution >= 0.6 is 0 Å². The highest BCUT2D eigenvalue weighted by Crippen LogP contribution is 2.00. The van der Waals surface area contributed by atoms with Crippen LogP contribution < -0.4 is 0 Å². The molecule has 0 amide bonds. The lowest BCUT2D eigenvalue weighted by Crippen LogP contribution is -1.71. The first-order chi connectivity index (χ1) is 5.00. The fraction of sp³-hybridized carbons (Fsp3) is 0.400. The number of allylic oxidation sites excluding steroid dienone is 6. The molecule has 53 valence electrons. The topological polar surface area (TPSA) is 0 Å². The Kier molecular flexibility index (Phi) is 3.69. The van der Waals surface area contributed by atoms with E-state index in [0.717, 1.165) is 6.42 Å². The summed E-state index contributed by atoms with van der Waals surface area (Å²) in [6.07, 6.45) is 18.5. The van der Waals surface area contributed by atoms with Crippen molar-refractivity contribution in [3.63, 3.8) is 0 Å². The van der Waals surface area contributed by atoms with Crippen LogP contribution in [0.3, 0.4) is 0 Å². The van der Waals surface area contributed by atoms with Gasteiger partial charge in [-0.05, 0) is 31.8 Å². The fourth-order valence-electron chi connectivity index (χ4n) is 0.923. The highest BCUT2D eigenvalue weighted by molar-refractivity contribution is 5.02. The minimum absolute atomic E-state index is 0.963. The second-order valence-electron chi connectivity index (χ2n) is 2.41. The molecule has 1 aliphatic rings. The van der Waals surface area contributed by atoms with Crippen LogP contribution in [0.2, 0.25) is 0 Å². The maximum Gasteiger partial charge on any atom is -0.00946 e. The van der Waals surface area contributed by atoms with Gasteiger partial charge in [0, 0.05) is 0 Å². The van der Waals surface area contributed by atoms with E-state index < -0.39 is 0 Å². The first-order valence-electron chi connectivity index (χ1n) is 3.87. The van der Waals surface area contributed by atoms with Crippen LogP contribution in [0.25, 0.3) is 0 Å². The molecule has 0 atom stereocenters. The summed E-state index contributed by atoms with van der Waals surface area (Å²) in [7, 11) is 0. The Labute approximate surface area is 62.9 Å². The van der Waals surface area contributed by atoms with Gasteiger partial charge in [0.25, 0.3) is 0 Å². The van der Waals surface area contributed by atoms with Gasteiger partial charge in [0.05, 0.1) is 0 Å². The van der Waals surface area contributed by atoms with Crippen molar-refractivity contribution in [2.45, 2.75) is 25.7 Å². The lowest BCUT2D eigenvalue weighted by molar-refractivity contribution is 0.864. The third-order valence-corrected chi connectivity index (χ3v) is 1.49. The Hall–Kier alpha value is -0.780. The largest absolute Gasteiger partial charge is 0.0882 e. The molecular formula is C10H13. The summed E-state index contributed by atoms with van der Waals surface area (Å²) < 4.78 is 0. The van der Waals surface area contributed by atoms with Crippen LogP contribution in [-0.4, -0.2) is 0 Å². The Morgan fingerprint density at radius 1 is 1.00 bits per heavy atom. The predicted molar refractivity (Wildman–Crippen MR) is 44.6 cm³/mol. The maximum atomic E-state index is 3.16. The van der Waals surface area contributed by atoms with Gasteiger partial charge < -0.3 is 0 Å². The zero-order chi connectivity index (χ0) is 7.07. The molecule has 1 aliphatic carbocycles. The van der Waals surface area contributed by atoms with E-state index in [4.69, 9.17) is 0 Å². The lowest BCUT2D eigenvalue weighted by Gasteiger charge is -1.90. The first-order valence-corrected chi connectivity index (χ1v) is 3.87. The van der Waals surface area contributed by atoms with E-state index in [0.29, 0.717) is 0 Å². The molecule has 0 aromatic rings. The third-order valence-electron chi connectivity index (χ3n) is 1.49. The molecule has 0 N–H and O–H groups in total. The standard InChI is InChI=1S/C10H13/c1-2-4-6-8-10-9-7-5-3-1/h1-3,9-10H,4,6-8H2/b2-1-,5-3?,10-9-. The molecule has 0 unspecified atom stereocenters. The zero-order valence-electron chi connectivity index (χ0n) is 6.22. The Balaban J connectivity index is 2.38. The van der Waals surface area contributed by atoms with Gasteiger partial charge in [-0.2, -0.15) is 0 Å². The molecule has 0 heterocycles. The van der Waals surface area contributed by atoms with Gasteiger partial charge in [-0.1, -0.05) is 30.4 Å². The molecule has 0 nitrogen and oxygen atoms in total. The van der Waals surface area contributed by atoms with Crippen LogP contribution in [-0.2, 0) is 0 Å². The second kappa shape index (κ2) is 5.04. The van der Waals surface area contributed by atoms with E-state index in [-0.39, 0.29) is 0 Å². The molecule has 0 bridgehead atoms. The molecule has 0 saturated carbocycles. The average molecular weight is 133 g/mol. The summed E-state index contributed by atoms with van der Waals surface area (Å²) in [6.45, 7) is 0. The van der Waals surface area contributed by atoms with E-state index in [1.54, 1.807) is 0 Å². The van der Waals surface area contributed by atoms with Crippen LogP contribution in [0.5, 0.6) is 0 Å². The molecule has 0 fully saturated rings. The van der Waals surface area contributed by atoms with Gasteiger partial charge in [0.15, 0.2) is 0 Å². The van der Waals surface area contributed by atoms with Crippen molar-refractivity contribution < 1.29 is 0 Å². The first kappa shape index (κ1) is 7.33. The Morgan fingerprint density at radius 3 is 2.90 bits per heavy atom. The van der Waals surface area contributed by atoms with Gasteiger partial charge in [0.1, 0.15) is 0 Å². The molecule has 0 spiro atoms. The van der Waals surface area contributed by atoms with Crippen molar-refractivity contribution in [3.8, 4) is 0 Å². The summed E-state index contributed by atoms with van der Waals surface area (Å²) in [5.74, 6) is 0. The summed E-state index contributed by atoms with van der Waals surface area (Å²) in [6, 6.07) is 0. The number of rotatable bonds is 0. The van der Waals surface area contributed by atoms with Crippen molar-refractivity contribution in [1.82, 2.24) is 0 Å². The van der Waals surface area contributed by atoms with E-state index in [9.17, 15) is 0 Å². The SMILES string of the molecule is [C]1=C\C=C/CCC/C=C\C/1. The van der Waals surface area contributed by atoms with E-state index in [1.807, 2.05) is 6.08 Å². The quantitative estimate of drug-likeness (QED) is 0.445. The monoisotopic (exact) mass is 133 g/mol. The normalized spacial score (nSPS) is 28.8. The Bertz CT molecular complexity index is 149. The molecule has 0 aromatic heterocycles. The van der Waals surface area contributed by atoms with Crippen molar-refractivity contribution in [2.24, 2.45) is 0 Å². The average Bonchev–Trinajstić information content (AvgIpc) is 2.01. The molecule has 0 aliphatic heterocycles. The summed E-state index contributed by atoms with van der Waals surface area (Å²) >= 11 is 0. The number of hydrogen-bond donors (Lipinski definition) is 0. The van der Waals surface area contributed by atoms with Crippen molar-refractivity contribution in [2.75, 3.05) is 0 Å². The number of hydrogen-bond acceptors (Lipinski definition) is 0. The minimum atomic E-state index is 0.963. The lowest BCUT2D eigenvalue weighted by atomic mass is 10.2. The third kappa shape index (κ3) is 3.29. The second-order valence-corrected chi connectivity index (χ2v) is 2.41. The van der Waals surface area contributed by atoms with E-state index in [1.165, 1.54) is 19.3 Å². The van der Waals surface area contributed by atoms with Crippen molar-refractivity contribution >= 4 is 0 Å². The van der Waals surface area contributed by atoms with Crippen LogP contribution in [0.15, 0.2) is 30.4 Å². The summed E-state index contributed by atoms with van der Waals surface area (Å²) in [5, 5.41) is 0. The van der Waals surface area contributed by atoms with Gasteiger partial charge in [-0.3, -0.25) is 0 Å². The fourth-order valence-corrected chi connectivity index (χ4v) is 0.923. The van der Waals surface area contributed by atoms with E-state index in [2.05, 4.69) is 30.4 Å². The maximum absolute atomic E-state index is 3.16. The van der Waals surface area contributed by atoms with Crippen LogP contribution in [0.4, 0.5) is 0 Å². The van der Waals surface area contributed by atoms with Crippen molar-refractivity contribution in [1.29, 1.82) is 0 Å². The molecule has 10 heavy (non-hydrogen) atoms. The van der Waals surface area contributed by atoms with Crippen LogP contribution in [0.1, 0.15) is 25.7 Å². The summed E-state index contributed by atoms with van der Waals surface area (Å²) in [4.78, 5) is 0. The summed E-state index contributed by atoms with van der Waals surface area (Å²) in [5.41, 5.74) is 0. The van der Waals surface area contributed by atoms with Crippen LogP contribution in [0, 0.1) is 6.08 Å². The molecule has 0 saturated heterocycles. The van der Waals surface area contributed by atoms with Gasteiger partial charge in [0.2, 0.25) is 0 Å². The highest BCUT2D eigenvalue weighted by Gasteiger charge is 1.81. The predicted octanol–water partition coefficient (Wildman–Crippen LogP) is 3.03.